The predicted molar refractivity (Wildman–Crippen MR) is 142 cm³/mol. The van der Waals surface area contributed by atoms with Crippen LogP contribution in [0, 0.1) is 6.92 Å². The number of aryl methyl sites for hydroxylation is 2. The van der Waals surface area contributed by atoms with Crippen molar-refractivity contribution in [1.82, 2.24) is 9.80 Å². The molecule has 2 heterocycles. The highest BCUT2D eigenvalue weighted by molar-refractivity contribution is 6.31. The molecule has 36 heavy (non-hydrogen) atoms. The molecule has 2 saturated heterocycles. The Morgan fingerprint density at radius 1 is 0.972 bits per heavy atom. The molecule has 0 radical (unpaired) electrons. The summed E-state index contributed by atoms with van der Waals surface area (Å²) < 4.78 is 12.4. The summed E-state index contributed by atoms with van der Waals surface area (Å²) in [5.74, 6) is 0.735. The van der Waals surface area contributed by atoms with E-state index in [9.17, 15) is 9.59 Å². The van der Waals surface area contributed by atoms with Gasteiger partial charge < -0.3 is 19.3 Å². The number of carbonyl (C=O) groups excluding carboxylic acids is 2. The first-order chi connectivity index (χ1) is 17.3. The number of rotatable bonds is 8. The van der Waals surface area contributed by atoms with Crippen LogP contribution in [0.2, 0.25) is 10.0 Å². The molecule has 0 N–H and O–H groups in total. The van der Waals surface area contributed by atoms with Crippen LogP contribution in [-0.2, 0) is 20.7 Å². The molecular formula is C28H34Cl2N2O4. The molecular weight excluding hydrogens is 499 g/mol. The van der Waals surface area contributed by atoms with Crippen LogP contribution in [0.3, 0.4) is 0 Å². The minimum atomic E-state index is -0.916. The van der Waals surface area contributed by atoms with Crippen molar-refractivity contribution in [2.75, 3.05) is 39.4 Å². The van der Waals surface area contributed by atoms with Gasteiger partial charge in [0.1, 0.15) is 18.0 Å². The molecule has 1 atom stereocenters. The first kappa shape index (κ1) is 26.8. The van der Waals surface area contributed by atoms with Crippen LogP contribution in [0.4, 0.5) is 0 Å². The van der Waals surface area contributed by atoms with E-state index >= 15 is 0 Å². The van der Waals surface area contributed by atoms with E-state index in [1.54, 1.807) is 11.0 Å². The Bertz CT molecular complexity index is 1070. The third kappa shape index (κ3) is 6.93. The maximum atomic E-state index is 13.3. The third-order valence-electron chi connectivity index (χ3n) is 6.98. The number of halogens is 2. The van der Waals surface area contributed by atoms with E-state index in [0.717, 1.165) is 43.5 Å². The van der Waals surface area contributed by atoms with Crippen molar-refractivity contribution in [3.63, 3.8) is 0 Å². The lowest BCUT2D eigenvalue weighted by Gasteiger charge is -2.43. The summed E-state index contributed by atoms with van der Waals surface area (Å²) >= 11 is 12.4. The van der Waals surface area contributed by atoms with Crippen LogP contribution < -0.4 is 4.74 Å². The number of benzene rings is 2. The van der Waals surface area contributed by atoms with Crippen molar-refractivity contribution in [2.45, 2.75) is 51.0 Å². The molecule has 2 aromatic rings. The summed E-state index contributed by atoms with van der Waals surface area (Å²) in [5.41, 5.74) is 0.947. The normalized spacial score (nSPS) is 20.3. The average Bonchev–Trinajstić information content (AvgIpc) is 2.89. The van der Waals surface area contributed by atoms with E-state index in [4.69, 9.17) is 32.7 Å². The third-order valence-corrected chi connectivity index (χ3v) is 7.77. The van der Waals surface area contributed by atoms with Crippen molar-refractivity contribution in [1.29, 1.82) is 0 Å². The number of morpholine rings is 1. The first-order valence-corrected chi connectivity index (χ1v) is 13.4. The van der Waals surface area contributed by atoms with Gasteiger partial charge in [-0.1, -0.05) is 41.4 Å². The minimum absolute atomic E-state index is 0.0235. The zero-order chi connectivity index (χ0) is 25.5. The molecule has 2 aromatic carbocycles. The van der Waals surface area contributed by atoms with E-state index in [-0.39, 0.29) is 24.8 Å². The van der Waals surface area contributed by atoms with Crippen LogP contribution in [0.15, 0.2) is 42.5 Å². The van der Waals surface area contributed by atoms with Crippen molar-refractivity contribution >= 4 is 35.0 Å². The Morgan fingerprint density at radius 3 is 2.50 bits per heavy atom. The number of hydrogen-bond donors (Lipinski definition) is 0. The van der Waals surface area contributed by atoms with Gasteiger partial charge in [0.2, 0.25) is 11.8 Å². The Kier molecular flexibility index (Phi) is 9.15. The van der Waals surface area contributed by atoms with E-state index in [1.165, 1.54) is 0 Å². The Hall–Kier alpha value is -2.28. The van der Waals surface area contributed by atoms with Gasteiger partial charge >= 0.3 is 0 Å². The number of hydrogen-bond acceptors (Lipinski definition) is 4. The lowest BCUT2D eigenvalue weighted by atomic mass is 9.95. The standard InChI is InChI=1S/C28H34Cl2N2O4/c1-21-17-23(10-11-24(21)29)35-20-28(18-27(34)31-13-5-2-6-14-31)19-32(15-16-36-28)26(33)12-9-22-7-3-4-8-25(22)30/h3-4,7-8,10-11,17H,2,5-6,9,12-16,18-20H2,1H3/t28-/m0/s1. The fourth-order valence-corrected chi connectivity index (χ4v) is 5.20. The number of piperidine rings is 1. The second-order valence-corrected chi connectivity index (χ2v) is 10.6. The molecule has 6 nitrogen and oxygen atoms in total. The van der Waals surface area contributed by atoms with Crippen LogP contribution >= 0.6 is 23.2 Å². The van der Waals surface area contributed by atoms with E-state index < -0.39 is 5.60 Å². The summed E-state index contributed by atoms with van der Waals surface area (Å²) in [6.07, 6.45) is 4.28. The van der Waals surface area contributed by atoms with E-state index in [1.807, 2.05) is 48.2 Å². The maximum absolute atomic E-state index is 13.3. The molecule has 8 heteroatoms. The first-order valence-electron chi connectivity index (χ1n) is 12.7. The molecule has 0 aromatic heterocycles. The molecule has 0 saturated carbocycles. The molecule has 2 aliphatic heterocycles. The van der Waals surface area contributed by atoms with Gasteiger partial charge in [0, 0.05) is 36.1 Å². The van der Waals surface area contributed by atoms with Gasteiger partial charge in [-0.3, -0.25) is 9.59 Å². The predicted octanol–water partition coefficient (Wildman–Crippen LogP) is 5.31. The second-order valence-electron chi connectivity index (χ2n) is 9.76. The molecule has 0 spiro atoms. The SMILES string of the molecule is Cc1cc(OC[C@]2(CC(=O)N3CCCCC3)CN(C(=O)CCc3ccccc3Cl)CCO2)ccc1Cl. The zero-order valence-electron chi connectivity index (χ0n) is 20.8. The quantitative estimate of drug-likeness (QED) is 0.462. The minimum Gasteiger partial charge on any atom is -0.490 e. The molecule has 2 fully saturated rings. The van der Waals surface area contributed by atoms with Crippen LogP contribution in [0.5, 0.6) is 5.75 Å². The lowest BCUT2D eigenvalue weighted by Crippen LogP contribution is -2.58. The number of likely N-dealkylation sites (tertiary alicyclic amines) is 1. The molecule has 194 valence electrons. The number of carbonyl (C=O) groups is 2. The Balaban J connectivity index is 1.46. The van der Waals surface area contributed by atoms with Crippen molar-refractivity contribution in [3.05, 3.63) is 63.6 Å². The molecule has 2 amide bonds. The lowest BCUT2D eigenvalue weighted by molar-refractivity contribution is -0.166. The zero-order valence-corrected chi connectivity index (χ0v) is 22.3. The number of ether oxygens (including phenoxy) is 2. The molecule has 0 bridgehead atoms. The van der Waals surface area contributed by atoms with Gasteiger partial charge in [-0.15, -0.1) is 0 Å². The fourth-order valence-electron chi connectivity index (χ4n) is 4.86. The summed E-state index contributed by atoms with van der Waals surface area (Å²) in [5, 5.41) is 1.34. The van der Waals surface area contributed by atoms with Gasteiger partial charge in [0.15, 0.2) is 0 Å². The second kappa shape index (κ2) is 12.3. The summed E-state index contributed by atoms with van der Waals surface area (Å²) in [6.45, 7) is 4.78. The molecule has 2 aliphatic rings. The topological polar surface area (TPSA) is 59.1 Å². The van der Waals surface area contributed by atoms with Gasteiger partial charge in [-0.2, -0.15) is 0 Å². The monoisotopic (exact) mass is 532 g/mol. The largest absolute Gasteiger partial charge is 0.490 e. The van der Waals surface area contributed by atoms with Gasteiger partial charge in [0.25, 0.3) is 0 Å². The van der Waals surface area contributed by atoms with E-state index in [2.05, 4.69) is 0 Å². The average molecular weight is 533 g/mol. The van der Waals surface area contributed by atoms with Crippen molar-refractivity contribution in [3.8, 4) is 5.75 Å². The van der Waals surface area contributed by atoms with Gasteiger partial charge in [0.05, 0.1) is 19.6 Å². The van der Waals surface area contributed by atoms with Crippen molar-refractivity contribution < 1.29 is 19.1 Å². The number of nitrogens with zero attached hydrogens (tertiary/aromatic N) is 2. The smallest absolute Gasteiger partial charge is 0.225 e. The highest BCUT2D eigenvalue weighted by Gasteiger charge is 2.42. The molecule has 0 aliphatic carbocycles. The summed E-state index contributed by atoms with van der Waals surface area (Å²) in [7, 11) is 0. The Labute approximate surface area is 223 Å². The summed E-state index contributed by atoms with van der Waals surface area (Å²) in [6, 6.07) is 13.1. The van der Waals surface area contributed by atoms with Crippen molar-refractivity contribution in [2.24, 2.45) is 0 Å². The van der Waals surface area contributed by atoms with Crippen LogP contribution in [-0.4, -0.2) is 66.6 Å². The molecule has 4 rings (SSSR count). The van der Waals surface area contributed by atoms with Crippen LogP contribution in [0.25, 0.3) is 0 Å². The van der Waals surface area contributed by atoms with Crippen LogP contribution in [0.1, 0.15) is 43.2 Å². The summed E-state index contributed by atoms with van der Waals surface area (Å²) in [4.78, 5) is 30.2. The fraction of sp³-hybridized carbons (Fsp3) is 0.500. The van der Waals surface area contributed by atoms with E-state index in [0.29, 0.717) is 48.3 Å². The maximum Gasteiger partial charge on any atom is 0.225 e. The highest BCUT2D eigenvalue weighted by atomic mass is 35.5. The Morgan fingerprint density at radius 2 is 1.75 bits per heavy atom. The van der Waals surface area contributed by atoms with Gasteiger partial charge in [-0.05, 0) is 68.0 Å². The number of amides is 2. The van der Waals surface area contributed by atoms with Gasteiger partial charge in [-0.25, -0.2) is 0 Å². The molecule has 0 unspecified atom stereocenters. The highest BCUT2D eigenvalue weighted by Crippen LogP contribution is 2.28.